The van der Waals surface area contributed by atoms with Gasteiger partial charge in [0.05, 0.1) is 11.7 Å². The van der Waals surface area contributed by atoms with Crippen molar-refractivity contribution >= 4 is 11.9 Å². The summed E-state index contributed by atoms with van der Waals surface area (Å²) in [5.74, 6) is 1.37. The van der Waals surface area contributed by atoms with Crippen molar-refractivity contribution < 1.29 is 4.79 Å². The second-order valence-electron chi connectivity index (χ2n) is 6.31. The normalized spacial score (nSPS) is 15.8. The third-order valence-corrected chi connectivity index (χ3v) is 4.24. The van der Waals surface area contributed by atoms with E-state index in [-0.39, 0.29) is 11.9 Å². The first-order chi connectivity index (χ1) is 11.5. The van der Waals surface area contributed by atoms with Crippen LogP contribution >= 0.6 is 0 Å². The second kappa shape index (κ2) is 7.00. The van der Waals surface area contributed by atoms with Gasteiger partial charge in [0, 0.05) is 37.6 Å². The van der Waals surface area contributed by atoms with E-state index in [4.69, 9.17) is 0 Å². The van der Waals surface area contributed by atoms with E-state index < -0.39 is 0 Å². The number of anilines is 1. The molecule has 0 saturated carbocycles. The van der Waals surface area contributed by atoms with Crippen LogP contribution in [0.5, 0.6) is 0 Å². The van der Waals surface area contributed by atoms with Crippen molar-refractivity contribution in [2.45, 2.75) is 45.7 Å². The molecule has 7 heteroatoms. The molecule has 1 N–H and O–H groups in total. The fourth-order valence-electron chi connectivity index (χ4n) is 2.69. The third-order valence-electron chi connectivity index (χ3n) is 4.24. The minimum Gasteiger partial charge on any atom is -0.293 e. The van der Waals surface area contributed by atoms with Crippen molar-refractivity contribution in [1.82, 2.24) is 24.8 Å². The Labute approximate surface area is 141 Å². The van der Waals surface area contributed by atoms with Gasteiger partial charge < -0.3 is 0 Å². The van der Waals surface area contributed by atoms with Gasteiger partial charge in [-0.1, -0.05) is 13.8 Å². The van der Waals surface area contributed by atoms with Crippen LogP contribution in [-0.2, 0) is 17.8 Å². The zero-order valence-corrected chi connectivity index (χ0v) is 14.2. The molecule has 1 aliphatic rings. The highest BCUT2D eigenvalue weighted by Crippen LogP contribution is 2.20. The highest BCUT2D eigenvalue weighted by atomic mass is 16.2. The Morgan fingerprint density at radius 3 is 2.67 bits per heavy atom. The van der Waals surface area contributed by atoms with Crippen molar-refractivity contribution in [2.24, 2.45) is 0 Å². The van der Waals surface area contributed by atoms with Crippen LogP contribution < -0.4 is 5.32 Å². The van der Waals surface area contributed by atoms with Crippen molar-refractivity contribution in [3.63, 3.8) is 0 Å². The first-order valence-electron chi connectivity index (χ1n) is 8.21. The molecule has 1 aliphatic heterocycles. The second-order valence-corrected chi connectivity index (χ2v) is 6.31. The van der Waals surface area contributed by atoms with Crippen LogP contribution in [0.4, 0.5) is 5.95 Å². The number of hydrogen-bond donors (Lipinski definition) is 1. The summed E-state index contributed by atoms with van der Waals surface area (Å²) in [6.45, 7) is 7.52. The van der Waals surface area contributed by atoms with Crippen LogP contribution in [-0.4, -0.2) is 43.3 Å². The van der Waals surface area contributed by atoms with Gasteiger partial charge in [0.25, 0.3) is 0 Å². The van der Waals surface area contributed by atoms with Crippen LogP contribution in [0.3, 0.4) is 0 Å². The summed E-state index contributed by atoms with van der Waals surface area (Å²) in [6.07, 6.45) is 5.99. The topological polar surface area (TPSA) is 83.9 Å². The number of aromatic nitrogens is 4. The Hall–Kier alpha value is -2.41. The molecule has 3 rings (SSSR count). The summed E-state index contributed by atoms with van der Waals surface area (Å²) >= 11 is 0. The van der Waals surface area contributed by atoms with E-state index in [1.54, 1.807) is 18.5 Å². The number of hydrogen-bond acceptors (Lipinski definition) is 6. The largest absolute Gasteiger partial charge is 0.293 e. The Bertz CT molecular complexity index is 718. The number of fused-ring (bicyclic) bond motifs is 1. The number of rotatable bonds is 4. The highest BCUT2D eigenvalue weighted by Gasteiger charge is 2.27. The predicted octanol–water partition coefficient (Wildman–Crippen LogP) is 1.78. The number of amides is 1. The first kappa shape index (κ1) is 16.4. The van der Waals surface area contributed by atoms with Gasteiger partial charge in [0.15, 0.2) is 0 Å². The monoisotopic (exact) mass is 326 g/mol. The molecule has 0 radical (unpaired) electrons. The lowest BCUT2D eigenvalue weighted by Gasteiger charge is -2.32. The fraction of sp³-hybridized carbons (Fsp3) is 0.471. The van der Waals surface area contributed by atoms with Crippen LogP contribution in [0.1, 0.15) is 43.8 Å². The smallest absolute Gasteiger partial charge is 0.243 e. The molecular weight excluding hydrogens is 304 g/mol. The lowest BCUT2D eigenvalue weighted by atomic mass is 10.0. The van der Waals surface area contributed by atoms with Gasteiger partial charge in [-0.2, -0.15) is 0 Å². The van der Waals surface area contributed by atoms with E-state index in [1.807, 2.05) is 13.1 Å². The molecule has 24 heavy (non-hydrogen) atoms. The van der Waals surface area contributed by atoms with Gasteiger partial charge >= 0.3 is 0 Å². The SMILES string of the molecule is CC(C)c1ncc2c(n1)CN([C@@H](C)C(=O)Nc1ncccn1)CC2. The predicted molar refractivity (Wildman–Crippen MR) is 90.4 cm³/mol. The van der Waals surface area contributed by atoms with Crippen LogP contribution in [0.25, 0.3) is 0 Å². The summed E-state index contributed by atoms with van der Waals surface area (Å²) in [5.41, 5.74) is 2.20. The number of nitrogens with one attached hydrogen (secondary N) is 1. The average molecular weight is 326 g/mol. The summed E-state index contributed by atoms with van der Waals surface area (Å²) in [4.78, 5) is 31.7. The summed E-state index contributed by atoms with van der Waals surface area (Å²) in [7, 11) is 0. The van der Waals surface area contributed by atoms with Gasteiger partial charge in [-0.05, 0) is 25.0 Å². The highest BCUT2D eigenvalue weighted by molar-refractivity contribution is 5.93. The fourth-order valence-corrected chi connectivity index (χ4v) is 2.69. The first-order valence-corrected chi connectivity index (χ1v) is 8.21. The van der Waals surface area contributed by atoms with E-state index in [0.717, 1.165) is 24.5 Å². The van der Waals surface area contributed by atoms with Crippen molar-refractivity contribution in [1.29, 1.82) is 0 Å². The summed E-state index contributed by atoms with van der Waals surface area (Å²) in [6, 6.07) is 1.44. The quantitative estimate of drug-likeness (QED) is 0.922. The molecule has 0 unspecified atom stereocenters. The molecule has 7 nitrogen and oxygen atoms in total. The molecule has 2 aromatic heterocycles. The molecule has 1 atom stereocenters. The number of nitrogens with zero attached hydrogens (tertiary/aromatic N) is 5. The zero-order chi connectivity index (χ0) is 17.1. The molecule has 0 spiro atoms. The zero-order valence-electron chi connectivity index (χ0n) is 14.2. The Kier molecular flexibility index (Phi) is 4.80. The van der Waals surface area contributed by atoms with Crippen molar-refractivity contribution in [2.75, 3.05) is 11.9 Å². The maximum atomic E-state index is 12.4. The molecule has 1 amide bonds. The minimum atomic E-state index is -0.278. The van der Waals surface area contributed by atoms with Gasteiger partial charge in [-0.15, -0.1) is 0 Å². The summed E-state index contributed by atoms with van der Waals surface area (Å²) in [5, 5.41) is 2.76. The van der Waals surface area contributed by atoms with Crippen molar-refractivity contribution in [3.05, 3.63) is 41.7 Å². The van der Waals surface area contributed by atoms with Crippen LogP contribution in [0, 0.1) is 0 Å². The van der Waals surface area contributed by atoms with Gasteiger partial charge in [-0.25, -0.2) is 19.9 Å². The Balaban J connectivity index is 1.69. The van der Waals surface area contributed by atoms with Gasteiger partial charge in [-0.3, -0.25) is 15.0 Å². The van der Waals surface area contributed by atoms with Crippen LogP contribution in [0.15, 0.2) is 24.7 Å². The molecule has 0 bridgehead atoms. The minimum absolute atomic E-state index is 0.109. The lowest BCUT2D eigenvalue weighted by Crippen LogP contribution is -2.45. The Morgan fingerprint density at radius 1 is 1.21 bits per heavy atom. The molecule has 3 heterocycles. The molecule has 0 aromatic carbocycles. The van der Waals surface area contributed by atoms with Gasteiger partial charge in [0.1, 0.15) is 5.82 Å². The molecule has 0 saturated heterocycles. The summed E-state index contributed by atoms with van der Waals surface area (Å²) < 4.78 is 0. The van der Waals surface area contributed by atoms with E-state index in [1.165, 1.54) is 5.56 Å². The molecule has 126 valence electrons. The number of carbonyl (C=O) groups is 1. The third kappa shape index (κ3) is 3.56. The molecule has 0 fully saturated rings. The lowest BCUT2D eigenvalue weighted by molar-refractivity contribution is -0.121. The van der Waals surface area contributed by atoms with Gasteiger partial charge in [0.2, 0.25) is 11.9 Å². The van der Waals surface area contributed by atoms with Crippen molar-refractivity contribution in [3.8, 4) is 0 Å². The Morgan fingerprint density at radius 2 is 1.96 bits per heavy atom. The van der Waals surface area contributed by atoms with E-state index in [9.17, 15) is 4.79 Å². The standard InChI is InChI=1S/C17H22N6O/c1-11(2)15-20-9-13-5-8-23(10-14(13)21-15)12(3)16(24)22-17-18-6-4-7-19-17/h4,6-7,9,11-12H,5,8,10H2,1-3H3,(H,18,19,22,24)/t12-/m0/s1. The van der Waals surface area contributed by atoms with E-state index in [0.29, 0.717) is 18.4 Å². The molecule has 2 aromatic rings. The maximum absolute atomic E-state index is 12.4. The molecule has 0 aliphatic carbocycles. The molecular formula is C17H22N6O. The van der Waals surface area contributed by atoms with E-state index in [2.05, 4.69) is 44.0 Å². The van der Waals surface area contributed by atoms with Crippen LogP contribution in [0.2, 0.25) is 0 Å². The van der Waals surface area contributed by atoms with E-state index >= 15 is 0 Å². The number of carbonyl (C=O) groups excluding carboxylic acids is 1. The average Bonchev–Trinajstić information content (AvgIpc) is 2.60. The maximum Gasteiger partial charge on any atom is 0.243 e.